The fraction of sp³-hybridized carbons (Fsp3) is 0.304. The molecule has 0 aliphatic carbocycles. The molecule has 4 aromatic heterocycles. The number of H-pyrrole nitrogens is 1. The molecule has 164 valence electrons. The summed E-state index contributed by atoms with van der Waals surface area (Å²) in [6.07, 6.45) is 11.1. The molecular formula is C23H25N7O2. The van der Waals surface area contributed by atoms with Crippen LogP contribution >= 0.6 is 0 Å². The zero-order chi connectivity index (χ0) is 22.1. The minimum Gasteiger partial charge on any atom is -0.378 e. The third kappa shape index (κ3) is 3.94. The van der Waals surface area contributed by atoms with Crippen LogP contribution in [-0.4, -0.2) is 56.7 Å². The molecule has 1 atom stereocenters. The molecule has 2 N–H and O–H groups in total. The SMILES string of the molecule is CC(NC(=O)c1ncc(-c2c[nH]c3ncc(N4CCOCC4)cc23)cn1)c1ccn(C)c1. The van der Waals surface area contributed by atoms with E-state index in [0.717, 1.165) is 59.7 Å². The number of amides is 1. The Morgan fingerprint density at radius 2 is 1.97 bits per heavy atom. The van der Waals surface area contributed by atoms with E-state index in [0.29, 0.717) is 0 Å². The summed E-state index contributed by atoms with van der Waals surface area (Å²) in [5.74, 6) is -0.161. The van der Waals surface area contributed by atoms with Gasteiger partial charge >= 0.3 is 0 Å². The number of nitrogens with one attached hydrogen (secondary N) is 2. The second kappa shape index (κ2) is 8.43. The highest BCUT2D eigenvalue weighted by Gasteiger charge is 2.17. The van der Waals surface area contributed by atoms with Crippen molar-refractivity contribution in [2.75, 3.05) is 31.2 Å². The number of anilines is 1. The fourth-order valence-electron chi connectivity index (χ4n) is 3.94. The number of morpholine rings is 1. The quantitative estimate of drug-likeness (QED) is 0.504. The van der Waals surface area contributed by atoms with Gasteiger partial charge in [-0.05, 0) is 24.6 Å². The van der Waals surface area contributed by atoms with Crippen LogP contribution < -0.4 is 10.2 Å². The molecule has 32 heavy (non-hydrogen) atoms. The van der Waals surface area contributed by atoms with Crippen molar-refractivity contribution in [2.24, 2.45) is 7.05 Å². The first-order valence-corrected chi connectivity index (χ1v) is 10.6. The Kier molecular flexibility index (Phi) is 5.32. The Morgan fingerprint density at radius 3 is 2.69 bits per heavy atom. The van der Waals surface area contributed by atoms with Gasteiger partial charge in [0.25, 0.3) is 5.91 Å². The van der Waals surface area contributed by atoms with Crippen molar-refractivity contribution in [3.63, 3.8) is 0 Å². The molecule has 0 bridgehead atoms. The number of aromatic nitrogens is 5. The van der Waals surface area contributed by atoms with Crippen molar-refractivity contribution in [1.82, 2.24) is 29.8 Å². The summed E-state index contributed by atoms with van der Waals surface area (Å²) in [6.45, 7) is 5.08. The van der Waals surface area contributed by atoms with Crippen LogP contribution in [0.15, 0.2) is 49.3 Å². The highest BCUT2D eigenvalue weighted by molar-refractivity contribution is 5.95. The average molecular weight is 432 g/mol. The maximum Gasteiger partial charge on any atom is 0.289 e. The lowest BCUT2D eigenvalue weighted by Gasteiger charge is -2.28. The number of aromatic amines is 1. The van der Waals surface area contributed by atoms with Crippen LogP contribution in [0.25, 0.3) is 22.2 Å². The monoisotopic (exact) mass is 431 g/mol. The van der Waals surface area contributed by atoms with Gasteiger partial charge in [0.15, 0.2) is 0 Å². The second-order valence-electron chi connectivity index (χ2n) is 7.99. The first kappa shape index (κ1) is 20.2. The fourth-order valence-corrected chi connectivity index (χ4v) is 3.94. The van der Waals surface area contributed by atoms with Crippen molar-refractivity contribution in [3.05, 3.63) is 60.7 Å². The van der Waals surface area contributed by atoms with Crippen molar-refractivity contribution >= 4 is 22.6 Å². The average Bonchev–Trinajstić information content (AvgIpc) is 3.45. The van der Waals surface area contributed by atoms with E-state index >= 15 is 0 Å². The lowest BCUT2D eigenvalue weighted by molar-refractivity contribution is 0.0929. The molecule has 5 heterocycles. The number of carbonyl (C=O) groups is 1. The molecule has 1 aliphatic heterocycles. The zero-order valence-electron chi connectivity index (χ0n) is 18.1. The summed E-state index contributed by atoms with van der Waals surface area (Å²) in [5.41, 5.74) is 4.67. The number of hydrogen-bond donors (Lipinski definition) is 2. The van der Waals surface area contributed by atoms with Gasteiger partial charge in [-0.1, -0.05) is 0 Å². The number of nitrogens with zero attached hydrogens (tertiary/aromatic N) is 5. The molecule has 4 aromatic rings. The Balaban J connectivity index is 1.35. The Hall–Kier alpha value is -3.72. The van der Waals surface area contributed by atoms with Crippen molar-refractivity contribution in [1.29, 1.82) is 0 Å². The smallest absolute Gasteiger partial charge is 0.289 e. The van der Waals surface area contributed by atoms with Gasteiger partial charge in [0.05, 0.1) is 31.1 Å². The van der Waals surface area contributed by atoms with E-state index in [9.17, 15) is 4.79 Å². The van der Waals surface area contributed by atoms with Crippen molar-refractivity contribution < 1.29 is 9.53 Å². The number of fused-ring (bicyclic) bond motifs is 1. The molecule has 0 aromatic carbocycles. The Labute approximate surface area is 185 Å². The number of hydrogen-bond acceptors (Lipinski definition) is 6. The summed E-state index contributed by atoms with van der Waals surface area (Å²) >= 11 is 0. The third-order valence-corrected chi connectivity index (χ3v) is 5.76. The van der Waals surface area contributed by atoms with E-state index in [1.807, 2.05) is 49.4 Å². The largest absolute Gasteiger partial charge is 0.378 e. The number of carbonyl (C=O) groups excluding carboxylic acids is 1. The Morgan fingerprint density at radius 1 is 1.19 bits per heavy atom. The highest BCUT2D eigenvalue weighted by atomic mass is 16.5. The normalized spacial score (nSPS) is 15.1. The summed E-state index contributed by atoms with van der Waals surface area (Å²) in [7, 11) is 1.95. The van der Waals surface area contributed by atoms with E-state index in [2.05, 4.69) is 36.2 Å². The van der Waals surface area contributed by atoms with Gasteiger partial charge in [-0.3, -0.25) is 4.79 Å². The molecule has 0 saturated carbocycles. The van der Waals surface area contributed by atoms with Crippen LogP contribution in [0.2, 0.25) is 0 Å². The first-order valence-electron chi connectivity index (χ1n) is 10.6. The van der Waals surface area contributed by atoms with E-state index in [-0.39, 0.29) is 17.8 Å². The number of pyridine rings is 1. The standard InChI is InChI=1S/C23H25N7O2/c1-15(16-3-4-29(2)14-16)28-23(31)22-24-10-17(11-25-22)20-13-27-21-19(20)9-18(12-26-21)30-5-7-32-8-6-30/h3-4,9-15H,5-8H2,1-2H3,(H,26,27)(H,28,31). The molecule has 9 heteroatoms. The van der Waals surface area contributed by atoms with Crippen LogP contribution in [0.3, 0.4) is 0 Å². The third-order valence-electron chi connectivity index (χ3n) is 5.76. The minimum absolute atomic E-state index is 0.134. The molecule has 1 amide bonds. The van der Waals surface area contributed by atoms with E-state index in [1.54, 1.807) is 12.4 Å². The molecular weight excluding hydrogens is 406 g/mol. The molecule has 1 fully saturated rings. The van der Waals surface area contributed by atoms with Crippen LogP contribution in [0.4, 0.5) is 5.69 Å². The summed E-state index contributed by atoms with van der Waals surface area (Å²) in [5, 5.41) is 3.94. The highest BCUT2D eigenvalue weighted by Crippen LogP contribution is 2.30. The Bertz CT molecular complexity index is 1240. The van der Waals surface area contributed by atoms with E-state index in [1.165, 1.54) is 0 Å². The first-order chi connectivity index (χ1) is 15.6. The predicted octanol–water partition coefficient (Wildman–Crippen LogP) is 2.69. The minimum atomic E-state index is -0.303. The molecule has 5 rings (SSSR count). The second-order valence-corrected chi connectivity index (χ2v) is 7.99. The lowest BCUT2D eigenvalue weighted by atomic mass is 10.1. The summed E-state index contributed by atoms with van der Waals surface area (Å²) < 4.78 is 7.40. The molecule has 9 nitrogen and oxygen atoms in total. The van der Waals surface area contributed by atoms with E-state index < -0.39 is 0 Å². The molecule has 1 aliphatic rings. The maximum atomic E-state index is 12.6. The van der Waals surface area contributed by atoms with Gasteiger partial charge in [0.1, 0.15) is 5.65 Å². The predicted molar refractivity (Wildman–Crippen MR) is 121 cm³/mol. The van der Waals surface area contributed by atoms with Gasteiger partial charge in [-0.2, -0.15) is 0 Å². The van der Waals surface area contributed by atoms with Crippen molar-refractivity contribution in [2.45, 2.75) is 13.0 Å². The van der Waals surface area contributed by atoms with Crippen LogP contribution in [-0.2, 0) is 11.8 Å². The van der Waals surface area contributed by atoms with Gasteiger partial charge < -0.3 is 24.5 Å². The van der Waals surface area contributed by atoms with Crippen LogP contribution in [0.5, 0.6) is 0 Å². The topological polar surface area (TPSA) is 101 Å². The lowest BCUT2D eigenvalue weighted by Crippen LogP contribution is -2.36. The molecule has 0 radical (unpaired) electrons. The number of aryl methyl sites for hydroxylation is 1. The molecule has 0 spiro atoms. The van der Waals surface area contributed by atoms with Crippen LogP contribution in [0.1, 0.15) is 29.1 Å². The van der Waals surface area contributed by atoms with Crippen molar-refractivity contribution in [3.8, 4) is 11.1 Å². The van der Waals surface area contributed by atoms with Gasteiger partial charge in [-0.15, -0.1) is 0 Å². The summed E-state index contributed by atoms with van der Waals surface area (Å²) in [6, 6.07) is 3.97. The molecule has 1 saturated heterocycles. The van der Waals surface area contributed by atoms with Gasteiger partial charge in [0.2, 0.25) is 5.82 Å². The number of rotatable bonds is 5. The van der Waals surface area contributed by atoms with Crippen LogP contribution in [0, 0.1) is 0 Å². The van der Waals surface area contributed by atoms with Gasteiger partial charge in [0, 0.05) is 67.6 Å². The van der Waals surface area contributed by atoms with Gasteiger partial charge in [-0.25, -0.2) is 15.0 Å². The zero-order valence-corrected chi connectivity index (χ0v) is 18.1. The molecule has 1 unspecified atom stereocenters. The van der Waals surface area contributed by atoms with E-state index in [4.69, 9.17) is 4.74 Å². The summed E-state index contributed by atoms with van der Waals surface area (Å²) in [4.78, 5) is 31.3. The maximum absolute atomic E-state index is 12.6. The number of ether oxygens (including phenoxy) is 1.